The van der Waals surface area contributed by atoms with Gasteiger partial charge >= 0.3 is 0 Å². The van der Waals surface area contributed by atoms with Gasteiger partial charge in [0.15, 0.2) is 0 Å². The zero-order valence-corrected chi connectivity index (χ0v) is 22.7. The number of carbonyl (C=O) groups is 2. The molecule has 0 saturated carbocycles. The quantitative estimate of drug-likeness (QED) is 0.158. The number of aryl methyl sites for hydroxylation is 1. The maximum atomic E-state index is 12.1. The fraction of sp³-hybridized carbons (Fsp3) is 0.406. The molecule has 0 aliphatic heterocycles. The first-order chi connectivity index (χ1) is 18.2. The molecule has 0 fully saturated rings. The summed E-state index contributed by atoms with van der Waals surface area (Å²) in [5.74, 6) is -0.190. The molecule has 0 spiro atoms. The summed E-state index contributed by atoms with van der Waals surface area (Å²) in [6.45, 7) is 4.97. The summed E-state index contributed by atoms with van der Waals surface area (Å²) in [5, 5.41) is 5.62. The molecule has 1 heterocycles. The Balaban J connectivity index is 1.99. The molecule has 0 atom stereocenters. The van der Waals surface area contributed by atoms with Crippen LogP contribution < -0.4 is 10.6 Å². The summed E-state index contributed by atoms with van der Waals surface area (Å²) in [5.41, 5.74) is 1.48. The maximum Gasteiger partial charge on any atom is 0.252 e. The molecular weight excluding hydrogens is 458 g/mol. The van der Waals surface area contributed by atoms with Gasteiger partial charge in [0.1, 0.15) is 0 Å². The predicted molar refractivity (Wildman–Crippen MR) is 156 cm³/mol. The predicted octanol–water partition coefficient (Wildman–Crippen LogP) is 6.97. The number of aromatic nitrogens is 1. The van der Waals surface area contributed by atoms with Gasteiger partial charge in [-0.15, -0.1) is 0 Å². The molecule has 0 aliphatic carbocycles. The van der Waals surface area contributed by atoms with Crippen LogP contribution in [0.1, 0.15) is 81.3 Å². The zero-order valence-electron chi connectivity index (χ0n) is 22.7. The molecule has 1 aromatic heterocycles. The lowest BCUT2D eigenvalue weighted by Crippen LogP contribution is -2.34. The number of hydrogen-bond acceptors (Lipinski definition) is 3. The van der Waals surface area contributed by atoms with E-state index in [1.807, 2.05) is 19.1 Å². The lowest BCUT2D eigenvalue weighted by Gasteiger charge is -2.07. The molecule has 1 aromatic rings. The Morgan fingerprint density at radius 1 is 0.703 bits per heavy atom. The van der Waals surface area contributed by atoms with Crippen LogP contribution >= 0.6 is 0 Å². The van der Waals surface area contributed by atoms with E-state index in [0.29, 0.717) is 31.5 Å². The largest absolute Gasteiger partial charge is 0.354 e. The Kier molecular flexibility index (Phi) is 19.6. The van der Waals surface area contributed by atoms with Crippen LogP contribution in [0.2, 0.25) is 0 Å². The van der Waals surface area contributed by atoms with Crippen LogP contribution in [0.15, 0.2) is 91.2 Å². The van der Waals surface area contributed by atoms with Crippen molar-refractivity contribution < 1.29 is 9.59 Å². The number of pyridine rings is 1. The van der Waals surface area contributed by atoms with Crippen LogP contribution in [0.3, 0.4) is 0 Å². The van der Waals surface area contributed by atoms with E-state index in [0.717, 1.165) is 50.6 Å². The summed E-state index contributed by atoms with van der Waals surface area (Å²) in [6.07, 6.45) is 35.5. The van der Waals surface area contributed by atoms with Crippen LogP contribution in [0.25, 0.3) is 0 Å². The second-order valence-corrected chi connectivity index (χ2v) is 8.45. The van der Waals surface area contributed by atoms with E-state index >= 15 is 0 Å². The van der Waals surface area contributed by atoms with Crippen molar-refractivity contribution in [2.75, 3.05) is 13.1 Å². The van der Waals surface area contributed by atoms with Gasteiger partial charge in [0, 0.05) is 31.4 Å². The van der Waals surface area contributed by atoms with Gasteiger partial charge in [-0.25, -0.2) is 0 Å². The number of hydrogen-bond donors (Lipinski definition) is 2. The van der Waals surface area contributed by atoms with Gasteiger partial charge in [0.25, 0.3) is 5.91 Å². The van der Waals surface area contributed by atoms with Gasteiger partial charge in [-0.1, -0.05) is 86.8 Å². The van der Waals surface area contributed by atoms with E-state index in [1.165, 1.54) is 0 Å². The number of amides is 2. The van der Waals surface area contributed by atoms with Gasteiger partial charge in [0.2, 0.25) is 5.91 Å². The smallest absolute Gasteiger partial charge is 0.252 e. The highest BCUT2D eigenvalue weighted by atomic mass is 16.2. The van der Waals surface area contributed by atoms with Crippen molar-refractivity contribution in [2.45, 2.75) is 71.6 Å². The van der Waals surface area contributed by atoms with Gasteiger partial charge in [-0.05, 0) is 63.5 Å². The van der Waals surface area contributed by atoms with Crippen LogP contribution in [-0.2, 0) is 11.2 Å². The Hall–Kier alpha value is -3.47. The molecule has 1 rings (SSSR count). The minimum Gasteiger partial charge on any atom is -0.354 e. The standard InChI is InChI=1S/C32H45N3O2/c1-3-5-6-7-8-9-10-11-12-13-14-15-16-17-18-19-20-21-22-23-31(36)33-26-27-34-32(37)29-24-25-30(4-2)35-28-29/h5-6,8-9,11-12,14-15,17-18,20-21,24-25,28H,3-4,7,10,13,16,19,22-23,26-27H2,1-2H3,(H,33,36)(H,34,37)/b6-5-,9-8-,12-11-,15-14-,18-17-,21-20-. The lowest BCUT2D eigenvalue weighted by molar-refractivity contribution is -0.120. The molecule has 2 amide bonds. The van der Waals surface area contributed by atoms with Crippen LogP contribution in [0.5, 0.6) is 0 Å². The topological polar surface area (TPSA) is 71.1 Å². The SMILES string of the molecule is CC/C=C\C/C=C\C/C=C\C/C=C\C/C=C\C/C=C\CCC(=O)NCCNC(=O)c1ccc(CC)nc1. The molecule has 5 nitrogen and oxygen atoms in total. The summed E-state index contributed by atoms with van der Waals surface area (Å²) in [6, 6.07) is 3.62. The number of nitrogens with one attached hydrogen (secondary N) is 2. The normalized spacial score (nSPS) is 12.3. The average Bonchev–Trinajstić information content (AvgIpc) is 2.92. The van der Waals surface area contributed by atoms with E-state index in [2.05, 4.69) is 89.4 Å². The Morgan fingerprint density at radius 3 is 1.70 bits per heavy atom. The van der Waals surface area contributed by atoms with Crippen LogP contribution in [-0.4, -0.2) is 29.9 Å². The number of allylic oxidation sites excluding steroid dienone is 12. The van der Waals surface area contributed by atoms with E-state index in [9.17, 15) is 9.59 Å². The third-order valence-electron chi connectivity index (χ3n) is 5.32. The molecule has 0 bridgehead atoms. The molecule has 37 heavy (non-hydrogen) atoms. The van der Waals surface area contributed by atoms with Crippen molar-refractivity contribution in [3.8, 4) is 0 Å². The fourth-order valence-electron chi connectivity index (χ4n) is 3.19. The van der Waals surface area contributed by atoms with Gasteiger partial charge in [0.05, 0.1) is 5.56 Å². The molecular formula is C32H45N3O2. The second-order valence-electron chi connectivity index (χ2n) is 8.45. The highest BCUT2D eigenvalue weighted by Crippen LogP contribution is 2.01. The Morgan fingerprint density at radius 2 is 1.22 bits per heavy atom. The highest BCUT2D eigenvalue weighted by molar-refractivity contribution is 5.93. The van der Waals surface area contributed by atoms with Crippen LogP contribution in [0.4, 0.5) is 0 Å². The third kappa shape index (κ3) is 18.5. The molecule has 0 saturated heterocycles. The second kappa shape index (κ2) is 23.0. The van der Waals surface area contributed by atoms with Crippen molar-refractivity contribution in [3.63, 3.8) is 0 Å². The van der Waals surface area contributed by atoms with E-state index in [-0.39, 0.29) is 11.8 Å². The van der Waals surface area contributed by atoms with E-state index < -0.39 is 0 Å². The fourth-order valence-corrected chi connectivity index (χ4v) is 3.19. The zero-order chi connectivity index (χ0) is 26.8. The number of carbonyl (C=O) groups excluding carboxylic acids is 2. The third-order valence-corrected chi connectivity index (χ3v) is 5.32. The average molecular weight is 504 g/mol. The molecule has 0 aromatic carbocycles. The van der Waals surface area contributed by atoms with Gasteiger partial charge in [-0.3, -0.25) is 14.6 Å². The first-order valence-corrected chi connectivity index (χ1v) is 13.6. The molecule has 0 radical (unpaired) electrons. The molecule has 2 N–H and O–H groups in total. The first kappa shape index (κ1) is 31.6. The monoisotopic (exact) mass is 503 g/mol. The molecule has 200 valence electrons. The number of rotatable bonds is 19. The minimum atomic E-state index is -0.178. The highest BCUT2D eigenvalue weighted by Gasteiger charge is 2.05. The minimum absolute atomic E-state index is 0.0113. The van der Waals surface area contributed by atoms with Crippen molar-refractivity contribution in [1.82, 2.24) is 15.6 Å². The van der Waals surface area contributed by atoms with Crippen molar-refractivity contribution >= 4 is 11.8 Å². The summed E-state index contributed by atoms with van der Waals surface area (Å²) >= 11 is 0. The summed E-state index contributed by atoms with van der Waals surface area (Å²) in [4.78, 5) is 28.2. The summed E-state index contributed by atoms with van der Waals surface area (Å²) < 4.78 is 0. The van der Waals surface area contributed by atoms with Gasteiger partial charge in [-0.2, -0.15) is 0 Å². The van der Waals surface area contributed by atoms with Crippen LogP contribution in [0, 0.1) is 0 Å². The van der Waals surface area contributed by atoms with Crippen molar-refractivity contribution in [1.29, 1.82) is 0 Å². The van der Waals surface area contributed by atoms with Crippen molar-refractivity contribution in [2.24, 2.45) is 0 Å². The molecule has 0 aliphatic rings. The Labute approximate surface area is 224 Å². The first-order valence-electron chi connectivity index (χ1n) is 13.6. The number of nitrogens with zero attached hydrogens (tertiary/aromatic N) is 1. The van der Waals surface area contributed by atoms with Gasteiger partial charge < -0.3 is 10.6 Å². The summed E-state index contributed by atoms with van der Waals surface area (Å²) in [7, 11) is 0. The van der Waals surface area contributed by atoms with E-state index in [1.54, 1.807) is 12.3 Å². The Bertz CT molecular complexity index is 922. The van der Waals surface area contributed by atoms with E-state index in [4.69, 9.17) is 0 Å². The molecule has 0 unspecified atom stereocenters. The lowest BCUT2D eigenvalue weighted by atomic mass is 10.2. The maximum absolute atomic E-state index is 12.1. The molecule has 5 heteroatoms. The van der Waals surface area contributed by atoms with Crippen molar-refractivity contribution in [3.05, 3.63) is 102 Å².